The maximum Gasteiger partial charge on any atom is 0.307 e. The molecule has 0 aromatic carbocycles. The fourth-order valence-electron chi connectivity index (χ4n) is 1.56. The molecule has 0 aromatic heterocycles. The van der Waals surface area contributed by atoms with Crippen LogP contribution in [0.2, 0.25) is 0 Å². The standard InChI is InChI=1S/C13H27NO2/c1-5-6-7-8-9-11(2)16-12(15)10-13(3,4)14/h11H,5-10,14H2,1-4H3. The first kappa shape index (κ1) is 15.4. The van der Waals surface area contributed by atoms with Crippen LogP contribution in [0.25, 0.3) is 0 Å². The number of carbonyl (C=O) groups excluding carboxylic acids is 1. The third kappa shape index (κ3) is 9.97. The number of rotatable bonds is 8. The molecule has 0 saturated heterocycles. The number of carbonyl (C=O) groups is 1. The fraction of sp³-hybridized carbons (Fsp3) is 0.923. The Bertz CT molecular complexity index is 197. The van der Waals surface area contributed by atoms with Crippen LogP contribution < -0.4 is 5.73 Å². The van der Waals surface area contributed by atoms with E-state index in [2.05, 4.69) is 6.92 Å². The van der Waals surface area contributed by atoms with Crippen molar-refractivity contribution in [2.45, 2.75) is 77.9 Å². The van der Waals surface area contributed by atoms with Gasteiger partial charge in [0.25, 0.3) is 0 Å². The zero-order valence-corrected chi connectivity index (χ0v) is 11.2. The van der Waals surface area contributed by atoms with Crippen molar-refractivity contribution in [3.05, 3.63) is 0 Å². The van der Waals surface area contributed by atoms with Crippen LogP contribution in [0.4, 0.5) is 0 Å². The Morgan fingerprint density at radius 1 is 1.31 bits per heavy atom. The molecule has 0 radical (unpaired) electrons. The summed E-state index contributed by atoms with van der Waals surface area (Å²) in [5.74, 6) is -0.185. The Hall–Kier alpha value is -0.570. The zero-order valence-electron chi connectivity index (χ0n) is 11.2. The van der Waals surface area contributed by atoms with Crippen LogP contribution in [0.5, 0.6) is 0 Å². The molecule has 16 heavy (non-hydrogen) atoms. The molecule has 0 aromatic rings. The van der Waals surface area contributed by atoms with E-state index < -0.39 is 5.54 Å². The Morgan fingerprint density at radius 3 is 2.44 bits per heavy atom. The molecular weight excluding hydrogens is 202 g/mol. The summed E-state index contributed by atoms with van der Waals surface area (Å²) in [6, 6.07) is 0. The number of ether oxygens (including phenoxy) is 1. The van der Waals surface area contributed by atoms with E-state index in [4.69, 9.17) is 10.5 Å². The van der Waals surface area contributed by atoms with Gasteiger partial charge in [-0.3, -0.25) is 4.79 Å². The van der Waals surface area contributed by atoms with E-state index in [-0.39, 0.29) is 18.5 Å². The van der Waals surface area contributed by atoms with Gasteiger partial charge in [-0.15, -0.1) is 0 Å². The predicted octanol–water partition coefficient (Wildman–Crippen LogP) is 3.02. The molecular formula is C13H27NO2. The molecule has 0 saturated carbocycles. The minimum Gasteiger partial charge on any atom is -0.463 e. The highest BCUT2D eigenvalue weighted by molar-refractivity contribution is 5.70. The molecule has 2 N–H and O–H groups in total. The number of nitrogens with two attached hydrogens (primary N) is 1. The minimum atomic E-state index is -0.473. The number of hydrogen-bond acceptors (Lipinski definition) is 3. The van der Waals surface area contributed by atoms with Gasteiger partial charge in [-0.1, -0.05) is 26.2 Å². The van der Waals surface area contributed by atoms with Crippen molar-refractivity contribution in [3.8, 4) is 0 Å². The van der Waals surface area contributed by atoms with E-state index in [1.807, 2.05) is 20.8 Å². The van der Waals surface area contributed by atoms with Gasteiger partial charge in [-0.05, 0) is 33.6 Å². The highest BCUT2D eigenvalue weighted by Gasteiger charge is 2.19. The quantitative estimate of drug-likeness (QED) is 0.514. The molecule has 0 aliphatic carbocycles. The molecule has 96 valence electrons. The Labute approximate surface area is 99.7 Å². The number of hydrogen-bond donors (Lipinski definition) is 1. The average Bonchev–Trinajstić information content (AvgIpc) is 2.09. The Kier molecular flexibility index (Phi) is 7.39. The molecule has 0 aliphatic rings. The van der Waals surface area contributed by atoms with Crippen molar-refractivity contribution in [1.82, 2.24) is 0 Å². The molecule has 0 rings (SSSR count). The summed E-state index contributed by atoms with van der Waals surface area (Å²) in [7, 11) is 0. The lowest BCUT2D eigenvalue weighted by molar-refractivity contribution is -0.149. The largest absolute Gasteiger partial charge is 0.463 e. The van der Waals surface area contributed by atoms with Gasteiger partial charge < -0.3 is 10.5 Å². The zero-order chi connectivity index (χ0) is 12.6. The van der Waals surface area contributed by atoms with E-state index in [9.17, 15) is 4.79 Å². The Balaban J connectivity index is 3.62. The third-order valence-electron chi connectivity index (χ3n) is 2.40. The molecule has 0 fully saturated rings. The first-order chi connectivity index (χ1) is 7.35. The van der Waals surface area contributed by atoms with Crippen LogP contribution >= 0.6 is 0 Å². The smallest absolute Gasteiger partial charge is 0.307 e. The summed E-state index contributed by atoms with van der Waals surface area (Å²) in [6.45, 7) is 7.81. The Morgan fingerprint density at radius 2 is 1.94 bits per heavy atom. The molecule has 0 spiro atoms. The summed E-state index contributed by atoms with van der Waals surface area (Å²) in [6.07, 6.45) is 6.11. The van der Waals surface area contributed by atoms with Crippen molar-refractivity contribution in [3.63, 3.8) is 0 Å². The average molecular weight is 229 g/mol. The minimum absolute atomic E-state index is 0.0201. The van der Waals surface area contributed by atoms with Crippen molar-refractivity contribution >= 4 is 5.97 Å². The molecule has 1 unspecified atom stereocenters. The van der Waals surface area contributed by atoms with Gasteiger partial charge in [0.1, 0.15) is 0 Å². The van der Waals surface area contributed by atoms with Crippen LogP contribution in [0.1, 0.15) is 66.2 Å². The highest BCUT2D eigenvalue weighted by atomic mass is 16.5. The molecule has 0 aliphatic heterocycles. The van der Waals surface area contributed by atoms with Crippen LogP contribution in [0, 0.1) is 0 Å². The summed E-state index contributed by atoms with van der Waals surface area (Å²) in [5, 5.41) is 0. The lowest BCUT2D eigenvalue weighted by Gasteiger charge is -2.19. The normalized spacial score (nSPS) is 13.6. The third-order valence-corrected chi connectivity index (χ3v) is 2.40. The summed E-state index contributed by atoms with van der Waals surface area (Å²) >= 11 is 0. The molecule has 0 bridgehead atoms. The van der Waals surface area contributed by atoms with E-state index in [1.54, 1.807) is 0 Å². The molecule has 0 amide bonds. The predicted molar refractivity (Wildman–Crippen MR) is 67.2 cm³/mol. The lowest BCUT2D eigenvalue weighted by atomic mass is 10.0. The van der Waals surface area contributed by atoms with Crippen molar-refractivity contribution in [1.29, 1.82) is 0 Å². The second-order valence-corrected chi connectivity index (χ2v) is 5.32. The lowest BCUT2D eigenvalue weighted by Crippen LogP contribution is -2.36. The van der Waals surface area contributed by atoms with E-state index in [0.717, 1.165) is 12.8 Å². The van der Waals surface area contributed by atoms with Crippen molar-refractivity contribution < 1.29 is 9.53 Å². The van der Waals surface area contributed by atoms with Gasteiger partial charge >= 0.3 is 5.97 Å². The monoisotopic (exact) mass is 229 g/mol. The first-order valence-electron chi connectivity index (χ1n) is 6.33. The molecule has 3 nitrogen and oxygen atoms in total. The van der Waals surface area contributed by atoms with Crippen LogP contribution in [-0.4, -0.2) is 17.6 Å². The van der Waals surface area contributed by atoms with Crippen molar-refractivity contribution in [2.24, 2.45) is 5.73 Å². The van der Waals surface area contributed by atoms with Gasteiger partial charge in [0.15, 0.2) is 0 Å². The highest BCUT2D eigenvalue weighted by Crippen LogP contribution is 2.11. The fourth-order valence-corrected chi connectivity index (χ4v) is 1.56. The second-order valence-electron chi connectivity index (χ2n) is 5.32. The summed E-state index contributed by atoms with van der Waals surface area (Å²) in [5.41, 5.74) is 5.28. The number of esters is 1. The van der Waals surface area contributed by atoms with Crippen LogP contribution in [0.15, 0.2) is 0 Å². The van der Waals surface area contributed by atoms with Gasteiger partial charge in [0.05, 0.1) is 12.5 Å². The van der Waals surface area contributed by atoms with Gasteiger partial charge in [0.2, 0.25) is 0 Å². The second kappa shape index (κ2) is 7.66. The summed E-state index contributed by atoms with van der Waals surface area (Å²) in [4.78, 5) is 11.5. The first-order valence-corrected chi connectivity index (χ1v) is 6.33. The SMILES string of the molecule is CCCCCCC(C)OC(=O)CC(C)(C)N. The van der Waals surface area contributed by atoms with Crippen LogP contribution in [-0.2, 0) is 9.53 Å². The molecule has 3 heteroatoms. The van der Waals surface area contributed by atoms with Gasteiger partial charge in [0, 0.05) is 5.54 Å². The topological polar surface area (TPSA) is 52.3 Å². The van der Waals surface area contributed by atoms with E-state index >= 15 is 0 Å². The van der Waals surface area contributed by atoms with E-state index in [0.29, 0.717) is 0 Å². The van der Waals surface area contributed by atoms with Gasteiger partial charge in [-0.2, -0.15) is 0 Å². The maximum atomic E-state index is 11.5. The summed E-state index contributed by atoms with van der Waals surface area (Å²) < 4.78 is 5.29. The van der Waals surface area contributed by atoms with Crippen molar-refractivity contribution in [2.75, 3.05) is 0 Å². The maximum absolute atomic E-state index is 11.5. The molecule has 1 atom stereocenters. The van der Waals surface area contributed by atoms with E-state index in [1.165, 1.54) is 19.3 Å². The van der Waals surface area contributed by atoms with Gasteiger partial charge in [-0.25, -0.2) is 0 Å². The van der Waals surface area contributed by atoms with Crippen LogP contribution in [0.3, 0.4) is 0 Å². The molecule has 0 heterocycles. The number of unbranched alkanes of at least 4 members (excludes halogenated alkanes) is 3.